The zero-order chi connectivity index (χ0) is 11.3. The Bertz CT molecular complexity index is 171. The van der Waals surface area contributed by atoms with Crippen LogP contribution in [-0.4, -0.2) is 36.2 Å². The van der Waals surface area contributed by atoms with Gasteiger partial charge < -0.3 is 4.74 Å². The second kappa shape index (κ2) is 5.86. The maximum atomic E-state index is 5.80. The summed E-state index contributed by atoms with van der Waals surface area (Å²) in [6.07, 6.45) is 5.31. The zero-order valence-corrected chi connectivity index (χ0v) is 10.9. The summed E-state index contributed by atoms with van der Waals surface area (Å²) in [6.45, 7) is 12.5. The molecule has 0 unspecified atom stereocenters. The molecule has 0 bridgehead atoms. The smallest absolute Gasteiger partial charge is 0.0599 e. The Morgan fingerprint density at radius 1 is 1.20 bits per heavy atom. The van der Waals surface area contributed by atoms with E-state index in [-0.39, 0.29) is 0 Å². The lowest BCUT2D eigenvalue weighted by molar-refractivity contribution is -0.0168. The van der Waals surface area contributed by atoms with E-state index in [0.29, 0.717) is 11.6 Å². The lowest BCUT2D eigenvalue weighted by atomic mass is 9.95. The summed E-state index contributed by atoms with van der Waals surface area (Å²) in [7, 11) is 0. The van der Waals surface area contributed by atoms with Crippen LogP contribution >= 0.6 is 0 Å². The Balaban J connectivity index is 2.29. The van der Waals surface area contributed by atoms with E-state index in [1.54, 1.807) is 0 Å². The van der Waals surface area contributed by atoms with Crippen LogP contribution in [0.5, 0.6) is 0 Å². The van der Waals surface area contributed by atoms with Gasteiger partial charge in [-0.2, -0.15) is 0 Å². The maximum Gasteiger partial charge on any atom is 0.0599 e. The van der Waals surface area contributed by atoms with Gasteiger partial charge in [0.05, 0.1) is 6.10 Å². The molecule has 2 heteroatoms. The molecular weight excluding hydrogens is 186 g/mol. The summed E-state index contributed by atoms with van der Waals surface area (Å²) in [5.74, 6) is 0. The number of rotatable bonds is 5. The molecule has 0 saturated carbocycles. The lowest BCUT2D eigenvalue weighted by Gasteiger charge is -2.42. The van der Waals surface area contributed by atoms with Crippen molar-refractivity contribution < 1.29 is 4.74 Å². The van der Waals surface area contributed by atoms with Crippen LogP contribution in [0.2, 0.25) is 0 Å². The van der Waals surface area contributed by atoms with E-state index in [1.807, 2.05) is 0 Å². The molecule has 0 aromatic heterocycles. The molecule has 0 aliphatic carbocycles. The summed E-state index contributed by atoms with van der Waals surface area (Å²) in [6, 6.07) is 0. The molecule has 15 heavy (non-hydrogen) atoms. The minimum atomic E-state index is 0.371. The van der Waals surface area contributed by atoms with Gasteiger partial charge in [-0.15, -0.1) is 0 Å². The summed E-state index contributed by atoms with van der Waals surface area (Å²) in [5.41, 5.74) is 0.371. The van der Waals surface area contributed by atoms with Gasteiger partial charge in [-0.25, -0.2) is 0 Å². The van der Waals surface area contributed by atoms with Crippen molar-refractivity contribution in [2.24, 2.45) is 0 Å². The first-order valence-corrected chi connectivity index (χ1v) is 6.46. The predicted octanol–water partition coefficient (Wildman–Crippen LogP) is 3.07. The number of likely N-dealkylation sites (tertiary alicyclic amines) is 1. The highest BCUT2D eigenvalue weighted by Crippen LogP contribution is 2.24. The Hall–Kier alpha value is -0.0800. The molecule has 0 aromatic carbocycles. The van der Waals surface area contributed by atoms with Gasteiger partial charge in [-0.1, -0.05) is 13.8 Å². The summed E-state index contributed by atoms with van der Waals surface area (Å²) < 4.78 is 5.80. The SMILES string of the molecule is CCCOC1CCN(C(C)(C)CC)CC1. The van der Waals surface area contributed by atoms with E-state index in [0.717, 1.165) is 13.0 Å². The number of nitrogens with zero attached hydrogens (tertiary/aromatic N) is 1. The van der Waals surface area contributed by atoms with Crippen LogP contribution in [-0.2, 0) is 4.74 Å². The molecule has 1 saturated heterocycles. The second-order valence-electron chi connectivity index (χ2n) is 5.22. The Kier molecular flexibility index (Phi) is 5.07. The average Bonchev–Trinajstić information content (AvgIpc) is 2.27. The molecule has 0 aromatic rings. The molecule has 1 aliphatic rings. The molecule has 0 spiro atoms. The highest BCUT2D eigenvalue weighted by molar-refractivity contribution is 4.84. The first-order chi connectivity index (χ1) is 7.10. The van der Waals surface area contributed by atoms with Crippen molar-refractivity contribution in [1.29, 1.82) is 0 Å². The molecule has 90 valence electrons. The van der Waals surface area contributed by atoms with Gasteiger partial charge in [-0.3, -0.25) is 4.90 Å². The van der Waals surface area contributed by atoms with Crippen molar-refractivity contribution in [3.05, 3.63) is 0 Å². The van der Waals surface area contributed by atoms with Gasteiger partial charge in [0.25, 0.3) is 0 Å². The van der Waals surface area contributed by atoms with E-state index < -0.39 is 0 Å². The molecule has 1 heterocycles. The quantitative estimate of drug-likeness (QED) is 0.696. The number of hydrogen-bond acceptors (Lipinski definition) is 2. The van der Waals surface area contributed by atoms with Crippen molar-refractivity contribution in [3.8, 4) is 0 Å². The van der Waals surface area contributed by atoms with Crippen molar-refractivity contribution >= 4 is 0 Å². The normalized spacial score (nSPS) is 20.8. The van der Waals surface area contributed by atoms with Crippen LogP contribution in [0.3, 0.4) is 0 Å². The molecule has 1 rings (SSSR count). The minimum absolute atomic E-state index is 0.371. The van der Waals surface area contributed by atoms with E-state index >= 15 is 0 Å². The van der Waals surface area contributed by atoms with Crippen LogP contribution in [0.25, 0.3) is 0 Å². The predicted molar refractivity (Wildman–Crippen MR) is 65.2 cm³/mol. The largest absolute Gasteiger partial charge is 0.378 e. The minimum Gasteiger partial charge on any atom is -0.378 e. The van der Waals surface area contributed by atoms with Gasteiger partial charge in [-0.05, 0) is 39.5 Å². The molecule has 0 atom stereocenters. The van der Waals surface area contributed by atoms with E-state index in [2.05, 4.69) is 32.6 Å². The van der Waals surface area contributed by atoms with E-state index in [9.17, 15) is 0 Å². The third kappa shape index (κ3) is 3.76. The van der Waals surface area contributed by atoms with Crippen molar-refractivity contribution in [3.63, 3.8) is 0 Å². The van der Waals surface area contributed by atoms with Crippen molar-refractivity contribution in [1.82, 2.24) is 4.90 Å². The van der Waals surface area contributed by atoms with Crippen LogP contribution in [0.15, 0.2) is 0 Å². The van der Waals surface area contributed by atoms with Crippen LogP contribution in [0.4, 0.5) is 0 Å². The van der Waals surface area contributed by atoms with E-state index in [1.165, 1.54) is 32.4 Å². The Labute approximate surface area is 95.0 Å². The standard InChI is InChI=1S/C13H27NO/c1-5-11-15-12-7-9-14(10-8-12)13(3,4)6-2/h12H,5-11H2,1-4H3. The first kappa shape index (κ1) is 13.0. The fraction of sp³-hybridized carbons (Fsp3) is 1.00. The molecule has 1 fully saturated rings. The highest BCUT2D eigenvalue weighted by Gasteiger charge is 2.29. The third-order valence-electron chi connectivity index (χ3n) is 3.72. The molecule has 0 N–H and O–H groups in total. The first-order valence-electron chi connectivity index (χ1n) is 6.46. The molecule has 2 nitrogen and oxygen atoms in total. The van der Waals surface area contributed by atoms with E-state index in [4.69, 9.17) is 4.74 Å². The van der Waals surface area contributed by atoms with Crippen LogP contribution in [0, 0.1) is 0 Å². The van der Waals surface area contributed by atoms with Crippen molar-refractivity contribution in [2.75, 3.05) is 19.7 Å². The maximum absolute atomic E-state index is 5.80. The number of hydrogen-bond donors (Lipinski definition) is 0. The van der Waals surface area contributed by atoms with Crippen LogP contribution < -0.4 is 0 Å². The van der Waals surface area contributed by atoms with Gasteiger partial charge in [0, 0.05) is 25.2 Å². The fourth-order valence-electron chi connectivity index (χ4n) is 2.14. The van der Waals surface area contributed by atoms with Crippen molar-refractivity contribution in [2.45, 2.75) is 65.0 Å². The second-order valence-corrected chi connectivity index (χ2v) is 5.22. The zero-order valence-electron chi connectivity index (χ0n) is 10.9. The Morgan fingerprint density at radius 2 is 1.80 bits per heavy atom. The average molecular weight is 213 g/mol. The topological polar surface area (TPSA) is 12.5 Å². The van der Waals surface area contributed by atoms with Gasteiger partial charge in [0.2, 0.25) is 0 Å². The summed E-state index contributed by atoms with van der Waals surface area (Å²) in [4.78, 5) is 2.61. The molecular formula is C13H27NO. The van der Waals surface area contributed by atoms with Gasteiger partial charge in [0.1, 0.15) is 0 Å². The molecule has 0 amide bonds. The summed E-state index contributed by atoms with van der Waals surface area (Å²) in [5, 5.41) is 0. The summed E-state index contributed by atoms with van der Waals surface area (Å²) >= 11 is 0. The molecule has 0 radical (unpaired) electrons. The fourth-order valence-corrected chi connectivity index (χ4v) is 2.14. The lowest BCUT2D eigenvalue weighted by Crippen LogP contribution is -2.49. The number of piperidine rings is 1. The monoisotopic (exact) mass is 213 g/mol. The molecule has 1 aliphatic heterocycles. The van der Waals surface area contributed by atoms with Crippen LogP contribution in [0.1, 0.15) is 53.4 Å². The Morgan fingerprint density at radius 3 is 2.27 bits per heavy atom. The highest BCUT2D eigenvalue weighted by atomic mass is 16.5. The number of ether oxygens (including phenoxy) is 1. The van der Waals surface area contributed by atoms with Gasteiger partial charge >= 0.3 is 0 Å². The third-order valence-corrected chi connectivity index (χ3v) is 3.72. The van der Waals surface area contributed by atoms with Gasteiger partial charge in [0.15, 0.2) is 0 Å².